The van der Waals surface area contributed by atoms with Crippen LogP contribution in [0.2, 0.25) is 0 Å². The Balaban J connectivity index is 1.77. The zero-order valence-corrected chi connectivity index (χ0v) is 15.8. The SMILES string of the molecule is COc1cccc(C2CCCN2C(=O)NC(C)c2ccccc2C(F)(F)F)c1. The summed E-state index contributed by atoms with van der Waals surface area (Å²) in [5.41, 5.74) is 0.282. The van der Waals surface area contributed by atoms with Crippen molar-refractivity contribution in [2.45, 2.75) is 38.0 Å². The molecule has 28 heavy (non-hydrogen) atoms. The summed E-state index contributed by atoms with van der Waals surface area (Å²) in [7, 11) is 1.58. The molecule has 0 saturated carbocycles. The van der Waals surface area contributed by atoms with Gasteiger partial charge in [0.05, 0.1) is 24.8 Å². The van der Waals surface area contributed by atoms with Gasteiger partial charge in [0.1, 0.15) is 5.75 Å². The monoisotopic (exact) mass is 392 g/mol. The van der Waals surface area contributed by atoms with Gasteiger partial charge in [-0.05, 0) is 49.1 Å². The van der Waals surface area contributed by atoms with Crippen LogP contribution in [0.3, 0.4) is 0 Å². The lowest BCUT2D eigenvalue weighted by atomic mass is 10.0. The molecule has 0 radical (unpaired) electrons. The van der Waals surface area contributed by atoms with Crippen LogP contribution in [0.5, 0.6) is 5.75 Å². The largest absolute Gasteiger partial charge is 0.497 e. The third kappa shape index (κ3) is 4.24. The van der Waals surface area contributed by atoms with Gasteiger partial charge in [-0.25, -0.2) is 4.79 Å². The Hall–Kier alpha value is -2.70. The van der Waals surface area contributed by atoms with Gasteiger partial charge in [0.25, 0.3) is 0 Å². The number of hydrogen-bond acceptors (Lipinski definition) is 2. The van der Waals surface area contributed by atoms with Gasteiger partial charge in [-0.3, -0.25) is 0 Å². The summed E-state index contributed by atoms with van der Waals surface area (Å²) in [6, 6.07) is 11.6. The zero-order valence-electron chi connectivity index (χ0n) is 15.8. The first-order valence-corrected chi connectivity index (χ1v) is 9.18. The normalized spacial score (nSPS) is 18.0. The number of ether oxygens (including phenoxy) is 1. The smallest absolute Gasteiger partial charge is 0.416 e. The van der Waals surface area contributed by atoms with Gasteiger partial charge in [0.15, 0.2) is 0 Å². The maximum Gasteiger partial charge on any atom is 0.416 e. The first-order valence-electron chi connectivity index (χ1n) is 9.18. The van der Waals surface area contributed by atoms with E-state index in [1.165, 1.54) is 12.1 Å². The second-order valence-corrected chi connectivity index (χ2v) is 6.88. The number of nitrogens with zero attached hydrogens (tertiary/aromatic N) is 1. The van der Waals surface area contributed by atoms with Gasteiger partial charge in [-0.1, -0.05) is 30.3 Å². The van der Waals surface area contributed by atoms with Crippen LogP contribution in [0.25, 0.3) is 0 Å². The van der Waals surface area contributed by atoms with Crippen LogP contribution in [0.15, 0.2) is 48.5 Å². The Bertz CT molecular complexity index is 838. The molecule has 1 fully saturated rings. The molecule has 0 aliphatic carbocycles. The fourth-order valence-electron chi connectivity index (χ4n) is 3.68. The Kier molecular flexibility index (Phi) is 5.82. The molecule has 1 saturated heterocycles. The molecule has 2 amide bonds. The Morgan fingerprint density at radius 2 is 1.96 bits per heavy atom. The van der Waals surface area contributed by atoms with Gasteiger partial charge in [0.2, 0.25) is 0 Å². The van der Waals surface area contributed by atoms with Gasteiger partial charge in [-0.2, -0.15) is 13.2 Å². The Labute approximate surface area is 162 Å². The predicted molar refractivity (Wildman–Crippen MR) is 100 cm³/mol. The van der Waals surface area contributed by atoms with Crippen LogP contribution in [-0.4, -0.2) is 24.6 Å². The molecule has 2 aromatic carbocycles. The number of amides is 2. The second kappa shape index (κ2) is 8.12. The van der Waals surface area contributed by atoms with E-state index in [4.69, 9.17) is 4.74 Å². The fourth-order valence-corrected chi connectivity index (χ4v) is 3.68. The summed E-state index contributed by atoms with van der Waals surface area (Å²) in [6.45, 7) is 2.13. The van der Waals surface area contributed by atoms with E-state index >= 15 is 0 Å². The number of likely N-dealkylation sites (tertiary alicyclic amines) is 1. The van der Waals surface area contributed by atoms with E-state index in [1.807, 2.05) is 24.3 Å². The number of nitrogens with one attached hydrogen (secondary N) is 1. The van der Waals surface area contributed by atoms with Crippen molar-refractivity contribution in [3.63, 3.8) is 0 Å². The van der Waals surface area contributed by atoms with Crippen molar-refractivity contribution in [1.29, 1.82) is 0 Å². The van der Waals surface area contributed by atoms with Crippen molar-refractivity contribution in [3.05, 3.63) is 65.2 Å². The first kappa shape index (κ1) is 20.0. The van der Waals surface area contributed by atoms with Gasteiger partial charge in [-0.15, -0.1) is 0 Å². The molecule has 4 nitrogen and oxygen atoms in total. The molecule has 1 aliphatic heterocycles. The average Bonchev–Trinajstić information content (AvgIpc) is 3.17. The highest BCUT2D eigenvalue weighted by molar-refractivity contribution is 5.75. The predicted octanol–water partition coefficient (Wildman–Crippen LogP) is 5.32. The minimum absolute atomic E-state index is 0.0560. The minimum atomic E-state index is -4.47. The van der Waals surface area contributed by atoms with Crippen LogP contribution >= 0.6 is 0 Å². The lowest BCUT2D eigenvalue weighted by molar-refractivity contribution is -0.138. The standard InChI is InChI=1S/C21H23F3N2O2/c1-14(17-9-3-4-10-18(17)21(22,23)24)25-20(27)26-12-6-11-19(26)15-7-5-8-16(13-15)28-2/h3-5,7-10,13-14,19H,6,11-12H2,1-2H3,(H,25,27). The molecular formula is C21H23F3N2O2. The Morgan fingerprint density at radius 1 is 1.21 bits per heavy atom. The molecule has 150 valence electrons. The van der Waals surface area contributed by atoms with E-state index in [-0.39, 0.29) is 17.6 Å². The lowest BCUT2D eigenvalue weighted by Gasteiger charge is -2.28. The molecule has 0 bridgehead atoms. The number of alkyl halides is 3. The van der Waals surface area contributed by atoms with Crippen molar-refractivity contribution in [2.75, 3.05) is 13.7 Å². The highest BCUT2D eigenvalue weighted by Crippen LogP contribution is 2.36. The topological polar surface area (TPSA) is 41.6 Å². The molecule has 2 aromatic rings. The van der Waals surface area contributed by atoms with E-state index in [9.17, 15) is 18.0 Å². The number of carbonyl (C=O) groups is 1. The Morgan fingerprint density at radius 3 is 2.68 bits per heavy atom. The van der Waals surface area contributed by atoms with E-state index < -0.39 is 17.8 Å². The number of methoxy groups -OCH3 is 1. The quantitative estimate of drug-likeness (QED) is 0.765. The van der Waals surface area contributed by atoms with E-state index in [0.29, 0.717) is 12.3 Å². The number of halogens is 3. The lowest BCUT2D eigenvalue weighted by Crippen LogP contribution is -2.41. The second-order valence-electron chi connectivity index (χ2n) is 6.88. The van der Waals surface area contributed by atoms with E-state index in [2.05, 4.69) is 5.32 Å². The summed E-state index contributed by atoms with van der Waals surface area (Å²) in [5, 5.41) is 2.73. The zero-order chi connectivity index (χ0) is 20.3. The summed E-state index contributed by atoms with van der Waals surface area (Å²) in [4.78, 5) is 14.5. The molecule has 0 aromatic heterocycles. The van der Waals surface area contributed by atoms with Crippen molar-refractivity contribution in [3.8, 4) is 5.75 Å². The highest BCUT2D eigenvalue weighted by atomic mass is 19.4. The van der Waals surface area contributed by atoms with Gasteiger partial charge < -0.3 is 15.0 Å². The third-order valence-corrected chi connectivity index (χ3v) is 5.06. The first-order chi connectivity index (χ1) is 13.3. The van der Waals surface area contributed by atoms with Crippen molar-refractivity contribution >= 4 is 6.03 Å². The molecule has 2 unspecified atom stereocenters. The molecule has 7 heteroatoms. The summed E-state index contributed by atoms with van der Waals surface area (Å²) in [6.07, 6.45) is -2.83. The fraction of sp³-hybridized carbons (Fsp3) is 0.381. The van der Waals surface area contributed by atoms with Crippen molar-refractivity contribution in [2.24, 2.45) is 0 Å². The summed E-state index contributed by atoms with van der Waals surface area (Å²) < 4.78 is 45.1. The number of benzene rings is 2. The molecule has 0 spiro atoms. The number of rotatable bonds is 4. The van der Waals surface area contributed by atoms with Crippen molar-refractivity contribution < 1.29 is 22.7 Å². The molecule has 1 aliphatic rings. The maximum atomic E-state index is 13.3. The molecule has 1 heterocycles. The molecular weight excluding hydrogens is 369 g/mol. The number of hydrogen-bond donors (Lipinski definition) is 1. The molecule has 3 rings (SSSR count). The van der Waals surface area contributed by atoms with Crippen molar-refractivity contribution in [1.82, 2.24) is 10.2 Å². The number of carbonyl (C=O) groups excluding carboxylic acids is 1. The molecule has 1 N–H and O–H groups in total. The van der Waals surface area contributed by atoms with E-state index in [1.54, 1.807) is 25.0 Å². The van der Waals surface area contributed by atoms with Crippen LogP contribution in [0.1, 0.15) is 48.5 Å². The summed E-state index contributed by atoms with van der Waals surface area (Å²) in [5.74, 6) is 0.706. The summed E-state index contributed by atoms with van der Waals surface area (Å²) >= 11 is 0. The third-order valence-electron chi connectivity index (χ3n) is 5.06. The highest BCUT2D eigenvalue weighted by Gasteiger charge is 2.35. The van der Waals surface area contributed by atoms with E-state index in [0.717, 1.165) is 24.5 Å². The van der Waals surface area contributed by atoms with Gasteiger partial charge >= 0.3 is 12.2 Å². The number of urea groups is 1. The van der Waals surface area contributed by atoms with Crippen LogP contribution in [-0.2, 0) is 6.18 Å². The van der Waals surface area contributed by atoms with Crippen LogP contribution < -0.4 is 10.1 Å². The molecule has 2 atom stereocenters. The van der Waals surface area contributed by atoms with Crippen LogP contribution in [0.4, 0.5) is 18.0 Å². The van der Waals surface area contributed by atoms with Gasteiger partial charge in [0, 0.05) is 6.54 Å². The average molecular weight is 392 g/mol. The minimum Gasteiger partial charge on any atom is -0.497 e. The maximum absolute atomic E-state index is 13.3. The van der Waals surface area contributed by atoms with Crippen LogP contribution in [0, 0.1) is 0 Å².